The molecule has 1 aromatic rings. The Hall–Kier alpha value is -1.64. The van der Waals surface area contributed by atoms with E-state index in [9.17, 15) is 13.2 Å². The van der Waals surface area contributed by atoms with Crippen molar-refractivity contribution in [3.8, 4) is 5.75 Å². The van der Waals surface area contributed by atoms with Crippen LogP contribution in [-0.4, -0.2) is 56.1 Å². The van der Waals surface area contributed by atoms with Crippen LogP contribution < -0.4 is 9.64 Å². The molecule has 0 spiro atoms. The molecule has 0 fully saturated rings. The van der Waals surface area contributed by atoms with Gasteiger partial charge in [0.1, 0.15) is 11.4 Å². The average Bonchev–Trinajstić information content (AvgIpc) is 2.45. The van der Waals surface area contributed by atoms with Crippen LogP contribution in [0.1, 0.15) is 20.8 Å². The molecule has 1 heterocycles. The Labute approximate surface area is 136 Å². The van der Waals surface area contributed by atoms with E-state index in [-0.39, 0.29) is 24.0 Å². The van der Waals surface area contributed by atoms with Gasteiger partial charge in [0, 0.05) is 20.5 Å². The van der Waals surface area contributed by atoms with Gasteiger partial charge in [-0.2, -0.15) is 4.31 Å². The second-order valence-electron chi connectivity index (χ2n) is 6.15. The molecule has 0 unspecified atom stereocenters. The minimum Gasteiger partial charge on any atom is -0.484 e. The van der Waals surface area contributed by atoms with Crippen LogP contribution >= 0.6 is 0 Å². The van der Waals surface area contributed by atoms with Gasteiger partial charge in [-0.25, -0.2) is 8.42 Å². The summed E-state index contributed by atoms with van der Waals surface area (Å²) < 4.78 is 31.9. The highest BCUT2D eigenvalue weighted by atomic mass is 32.2. The van der Waals surface area contributed by atoms with Gasteiger partial charge in [-0.05, 0) is 32.0 Å². The van der Waals surface area contributed by atoms with Gasteiger partial charge in [0.25, 0.3) is 0 Å². The van der Waals surface area contributed by atoms with E-state index < -0.39 is 15.6 Å². The molecule has 128 valence electrons. The maximum Gasteiger partial charge on any atom is 0.242 e. The number of rotatable bonds is 4. The number of likely N-dealkylation sites (N-methyl/N-ethyl adjacent to an activating group) is 1. The number of fused-ring (bicyclic) bond motifs is 1. The number of aliphatic hydroxyl groups excluding tert-OH is 1. The highest BCUT2D eigenvalue weighted by molar-refractivity contribution is 7.89. The lowest BCUT2D eigenvalue weighted by Crippen LogP contribution is -2.48. The summed E-state index contributed by atoms with van der Waals surface area (Å²) in [5, 5.41) is 8.93. The first kappa shape index (κ1) is 17.7. The minimum atomic E-state index is -3.73. The van der Waals surface area contributed by atoms with Crippen LogP contribution in [0, 0.1) is 0 Å². The first-order valence-corrected chi connectivity index (χ1v) is 8.71. The van der Waals surface area contributed by atoms with Gasteiger partial charge < -0.3 is 14.7 Å². The first-order chi connectivity index (χ1) is 10.6. The number of hydrogen-bond donors (Lipinski definition) is 1. The molecule has 7 nitrogen and oxygen atoms in total. The standard InChI is InChI=1S/C15H22N2O5S/c1-11(19)17-10-15(2,3)22-14-6-5-12(9-13(14)17)23(20,21)16(4)7-8-18/h5-6,9,18H,7-8,10H2,1-4H3. The Balaban J connectivity index is 2.50. The molecule has 1 amide bonds. The maximum atomic E-state index is 12.5. The lowest BCUT2D eigenvalue weighted by Gasteiger charge is -2.39. The minimum absolute atomic E-state index is 0.000623. The number of nitrogens with zero attached hydrogens (tertiary/aromatic N) is 2. The van der Waals surface area contributed by atoms with E-state index in [1.807, 2.05) is 13.8 Å². The maximum absolute atomic E-state index is 12.5. The zero-order chi connectivity index (χ0) is 17.4. The lowest BCUT2D eigenvalue weighted by atomic mass is 10.1. The molecule has 1 aliphatic rings. The van der Waals surface area contributed by atoms with Crippen molar-refractivity contribution in [2.45, 2.75) is 31.3 Å². The number of ether oxygens (including phenoxy) is 1. The lowest BCUT2D eigenvalue weighted by molar-refractivity contribution is -0.117. The third-order valence-electron chi connectivity index (χ3n) is 3.65. The van der Waals surface area contributed by atoms with Crippen molar-refractivity contribution in [1.29, 1.82) is 0 Å². The molecule has 0 atom stereocenters. The molecule has 8 heteroatoms. The highest BCUT2D eigenvalue weighted by Crippen LogP contribution is 2.38. The van der Waals surface area contributed by atoms with E-state index in [0.717, 1.165) is 4.31 Å². The van der Waals surface area contributed by atoms with E-state index in [0.29, 0.717) is 18.0 Å². The topological polar surface area (TPSA) is 87.2 Å². The summed E-state index contributed by atoms with van der Waals surface area (Å²) in [6.45, 7) is 5.24. The Bertz CT molecular complexity index is 715. The molecule has 23 heavy (non-hydrogen) atoms. The predicted molar refractivity (Wildman–Crippen MR) is 86.1 cm³/mol. The average molecular weight is 342 g/mol. The number of hydrogen-bond acceptors (Lipinski definition) is 5. The second kappa shape index (κ2) is 6.10. The number of benzene rings is 1. The van der Waals surface area contributed by atoms with E-state index in [2.05, 4.69) is 0 Å². The smallest absolute Gasteiger partial charge is 0.242 e. The molecule has 0 saturated heterocycles. The van der Waals surface area contributed by atoms with Gasteiger partial charge in [-0.15, -0.1) is 0 Å². The Morgan fingerprint density at radius 1 is 1.43 bits per heavy atom. The second-order valence-corrected chi connectivity index (χ2v) is 8.19. The van der Waals surface area contributed by atoms with Crippen molar-refractivity contribution in [1.82, 2.24) is 4.31 Å². The van der Waals surface area contributed by atoms with Crippen LogP contribution in [0.5, 0.6) is 5.75 Å². The fourth-order valence-corrected chi connectivity index (χ4v) is 3.66. The normalized spacial score (nSPS) is 16.9. The Kier molecular flexibility index (Phi) is 4.70. The van der Waals surface area contributed by atoms with Crippen molar-refractivity contribution in [3.05, 3.63) is 18.2 Å². The molecule has 1 aliphatic heterocycles. The molecule has 0 bridgehead atoms. The number of carbonyl (C=O) groups excluding carboxylic acids is 1. The van der Waals surface area contributed by atoms with E-state index in [1.165, 1.54) is 31.0 Å². The van der Waals surface area contributed by atoms with Crippen LogP contribution in [0.15, 0.2) is 23.1 Å². The summed E-state index contributed by atoms with van der Waals surface area (Å²) in [6.07, 6.45) is 0. The van der Waals surface area contributed by atoms with Crippen molar-refractivity contribution in [2.24, 2.45) is 0 Å². The van der Waals surface area contributed by atoms with Gasteiger partial charge in [0.05, 0.1) is 23.7 Å². The summed E-state index contributed by atoms with van der Waals surface area (Å²) in [6, 6.07) is 4.45. The first-order valence-electron chi connectivity index (χ1n) is 7.27. The van der Waals surface area contributed by atoms with Crippen LogP contribution in [0.2, 0.25) is 0 Å². The summed E-state index contributed by atoms with van der Waals surface area (Å²) in [5.41, 5.74) is -0.109. The number of amides is 1. The molecule has 0 aliphatic carbocycles. The molecule has 0 saturated carbocycles. The van der Waals surface area contributed by atoms with Crippen molar-refractivity contribution in [2.75, 3.05) is 31.6 Å². The Morgan fingerprint density at radius 3 is 2.65 bits per heavy atom. The predicted octanol–water partition coefficient (Wildman–Crippen LogP) is 0.823. The number of sulfonamides is 1. The van der Waals surface area contributed by atoms with E-state index >= 15 is 0 Å². The van der Waals surface area contributed by atoms with Gasteiger partial charge in [0.15, 0.2) is 0 Å². The molecule has 0 aromatic heterocycles. The summed E-state index contributed by atoms with van der Waals surface area (Å²) in [5.74, 6) is 0.293. The van der Waals surface area contributed by atoms with Crippen molar-refractivity contribution < 1.29 is 23.1 Å². The number of carbonyl (C=O) groups is 1. The molecule has 0 radical (unpaired) electrons. The molecular formula is C15H22N2O5S. The third kappa shape index (κ3) is 3.49. The third-order valence-corrected chi connectivity index (χ3v) is 5.50. The molecular weight excluding hydrogens is 320 g/mol. The van der Waals surface area contributed by atoms with Crippen LogP contribution in [-0.2, 0) is 14.8 Å². The van der Waals surface area contributed by atoms with Crippen molar-refractivity contribution in [3.63, 3.8) is 0 Å². The molecule has 1 N–H and O–H groups in total. The van der Waals surface area contributed by atoms with Crippen LogP contribution in [0.4, 0.5) is 5.69 Å². The zero-order valence-electron chi connectivity index (χ0n) is 13.7. The quantitative estimate of drug-likeness (QED) is 0.875. The van der Waals surface area contributed by atoms with E-state index in [1.54, 1.807) is 6.07 Å². The number of anilines is 1. The van der Waals surface area contributed by atoms with Gasteiger partial charge >= 0.3 is 0 Å². The Morgan fingerprint density at radius 2 is 2.09 bits per heavy atom. The largest absolute Gasteiger partial charge is 0.484 e. The van der Waals surface area contributed by atoms with Gasteiger partial charge in [-0.3, -0.25) is 4.79 Å². The number of aliphatic hydroxyl groups is 1. The van der Waals surface area contributed by atoms with Gasteiger partial charge in [-0.1, -0.05) is 0 Å². The molecule has 1 aromatic carbocycles. The zero-order valence-corrected chi connectivity index (χ0v) is 14.6. The highest BCUT2D eigenvalue weighted by Gasteiger charge is 2.35. The van der Waals surface area contributed by atoms with Crippen LogP contribution in [0.3, 0.4) is 0 Å². The SMILES string of the molecule is CC(=O)N1CC(C)(C)Oc2ccc(S(=O)(=O)N(C)CCO)cc21. The molecule has 2 rings (SSSR count). The summed E-state index contributed by atoms with van der Waals surface area (Å²) >= 11 is 0. The fraction of sp³-hybridized carbons (Fsp3) is 0.533. The fourth-order valence-electron chi connectivity index (χ4n) is 2.47. The van der Waals surface area contributed by atoms with Crippen LogP contribution in [0.25, 0.3) is 0 Å². The van der Waals surface area contributed by atoms with Gasteiger partial charge in [0.2, 0.25) is 15.9 Å². The summed E-state index contributed by atoms with van der Waals surface area (Å²) in [7, 11) is -2.34. The van der Waals surface area contributed by atoms with Crippen molar-refractivity contribution >= 4 is 21.6 Å². The monoisotopic (exact) mass is 342 g/mol. The summed E-state index contributed by atoms with van der Waals surface area (Å²) in [4.78, 5) is 13.5. The van der Waals surface area contributed by atoms with E-state index in [4.69, 9.17) is 9.84 Å².